The van der Waals surface area contributed by atoms with Crippen LogP contribution in [-0.4, -0.2) is 37.5 Å². The molecule has 0 bridgehead atoms. The van der Waals surface area contributed by atoms with Crippen molar-refractivity contribution in [1.82, 2.24) is 5.32 Å². The minimum Gasteiger partial charge on any atom is -0.463 e. The molecule has 8 heteroatoms. The normalized spacial score (nSPS) is 14.9. The Morgan fingerprint density at radius 3 is 2.55 bits per heavy atom. The summed E-state index contributed by atoms with van der Waals surface area (Å²) in [7, 11) is 1.39. The van der Waals surface area contributed by atoms with Gasteiger partial charge >= 0.3 is 6.18 Å². The Morgan fingerprint density at radius 2 is 2.10 bits per heavy atom. The molecule has 0 aromatic carbocycles. The maximum absolute atomic E-state index is 13.0. The zero-order chi connectivity index (χ0) is 15.4. The number of carbonyl (C=O) groups is 1. The van der Waals surface area contributed by atoms with Crippen LogP contribution in [-0.2, 0) is 15.1 Å². The molecule has 0 spiro atoms. The highest BCUT2D eigenvalue weighted by Gasteiger charge is 2.58. The lowest BCUT2D eigenvalue weighted by Gasteiger charge is -2.27. The zero-order valence-electron chi connectivity index (χ0n) is 11.1. The topological polar surface area (TPSA) is 71.7 Å². The Hall–Kier alpha value is -1.54. The molecular formula is C12H16F3NO4. The van der Waals surface area contributed by atoms with E-state index in [0.717, 1.165) is 6.07 Å². The lowest BCUT2D eigenvalue weighted by atomic mass is 9.95. The summed E-state index contributed by atoms with van der Waals surface area (Å²) in [5.41, 5.74) is -3.35. The van der Waals surface area contributed by atoms with Gasteiger partial charge in [-0.15, -0.1) is 0 Å². The van der Waals surface area contributed by atoms with Gasteiger partial charge in [0.1, 0.15) is 11.5 Å². The number of hydrogen-bond donors (Lipinski definition) is 2. The van der Waals surface area contributed by atoms with Crippen molar-refractivity contribution < 1.29 is 32.2 Å². The van der Waals surface area contributed by atoms with Gasteiger partial charge in [-0.25, -0.2) is 0 Å². The first-order chi connectivity index (χ1) is 9.20. The predicted octanol–water partition coefficient (Wildman–Crippen LogP) is 1.49. The summed E-state index contributed by atoms with van der Waals surface area (Å²) in [6.45, 7) is 1.66. The van der Waals surface area contributed by atoms with Crippen LogP contribution in [0.15, 0.2) is 16.5 Å². The molecule has 0 aliphatic rings. The summed E-state index contributed by atoms with van der Waals surface area (Å²) in [5, 5.41) is 12.1. The average Bonchev–Trinajstić information content (AvgIpc) is 2.75. The fourth-order valence-corrected chi connectivity index (χ4v) is 1.57. The van der Waals surface area contributed by atoms with Crippen LogP contribution in [0.2, 0.25) is 0 Å². The van der Waals surface area contributed by atoms with Crippen molar-refractivity contribution in [3.63, 3.8) is 0 Å². The maximum Gasteiger partial charge on any atom is 0.425 e. The quantitative estimate of drug-likeness (QED) is 0.780. The summed E-state index contributed by atoms with van der Waals surface area (Å²) in [5.74, 6) is -1.44. The van der Waals surface area contributed by atoms with Crippen LogP contribution in [0.5, 0.6) is 0 Å². The van der Waals surface area contributed by atoms with Crippen LogP contribution in [0.4, 0.5) is 13.2 Å². The molecular weight excluding hydrogens is 279 g/mol. The van der Waals surface area contributed by atoms with Crippen molar-refractivity contribution in [3.8, 4) is 0 Å². The number of halogens is 3. The smallest absolute Gasteiger partial charge is 0.425 e. The fourth-order valence-electron chi connectivity index (χ4n) is 1.57. The number of furan rings is 1. The fraction of sp³-hybridized carbons (Fsp3) is 0.583. The Morgan fingerprint density at radius 1 is 1.45 bits per heavy atom. The first-order valence-corrected chi connectivity index (χ1v) is 5.82. The average molecular weight is 295 g/mol. The number of alkyl halides is 3. The molecule has 1 rings (SSSR count). The summed E-state index contributed by atoms with van der Waals surface area (Å²) >= 11 is 0. The Labute approximate surface area is 113 Å². The molecule has 0 fully saturated rings. The Kier molecular flexibility index (Phi) is 5.18. The van der Waals surface area contributed by atoms with E-state index >= 15 is 0 Å². The zero-order valence-corrected chi connectivity index (χ0v) is 11.1. The summed E-state index contributed by atoms with van der Waals surface area (Å²) in [4.78, 5) is 11.5. The van der Waals surface area contributed by atoms with Crippen molar-refractivity contribution in [2.45, 2.75) is 25.1 Å². The third-order valence-corrected chi connectivity index (χ3v) is 2.66. The molecule has 1 aromatic rings. The second-order valence-corrected chi connectivity index (χ2v) is 4.29. The standard InChI is InChI=1S/C12H16F3NO4/c1-8-3-4-9(20-8)11(18,12(13,14)15)7-10(17)16-5-6-19-2/h3-4,18H,5-7H2,1-2H3,(H,16,17). The number of amides is 1. The number of aryl methyl sites for hydroxylation is 1. The van der Waals surface area contributed by atoms with E-state index < -0.39 is 29.9 Å². The van der Waals surface area contributed by atoms with E-state index in [-0.39, 0.29) is 18.9 Å². The highest BCUT2D eigenvalue weighted by Crippen LogP contribution is 2.42. The van der Waals surface area contributed by atoms with E-state index in [2.05, 4.69) is 10.1 Å². The van der Waals surface area contributed by atoms with Gasteiger partial charge in [0.2, 0.25) is 11.5 Å². The molecule has 0 radical (unpaired) electrons. The largest absolute Gasteiger partial charge is 0.463 e. The van der Waals surface area contributed by atoms with Crippen LogP contribution in [0.3, 0.4) is 0 Å². The minimum atomic E-state index is -5.03. The third-order valence-electron chi connectivity index (χ3n) is 2.66. The molecule has 114 valence electrons. The number of methoxy groups -OCH3 is 1. The minimum absolute atomic E-state index is 0.0560. The van der Waals surface area contributed by atoms with Gasteiger partial charge in [0.25, 0.3) is 0 Å². The number of hydrogen-bond acceptors (Lipinski definition) is 4. The van der Waals surface area contributed by atoms with Gasteiger partial charge in [0.05, 0.1) is 13.0 Å². The van der Waals surface area contributed by atoms with Crippen molar-refractivity contribution in [1.29, 1.82) is 0 Å². The Balaban J connectivity index is 2.88. The first kappa shape index (κ1) is 16.5. The summed E-state index contributed by atoms with van der Waals surface area (Å²) in [6, 6.07) is 2.29. The molecule has 0 saturated carbocycles. The van der Waals surface area contributed by atoms with Gasteiger partial charge in [-0.2, -0.15) is 13.2 Å². The number of nitrogens with one attached hydrogen (secondary N) is 1. The summed E-state index contributed by atoms with van der Waals surface area (Å²) < 4.78 is 48.6. The number of carbonyl (C=O) groups excluding carboxylic acids is 1. The molecule has 1 aromatic heterocycles. The van der Waals surface area contributed by atoms with E-state index in [9.17, 15) is 23.1 Å². The predicted molar refractivity (Wildman–Crippen MR) is 62.9 cm³/mol. The van der Waals surface area contributed by atoms with Gasteiger partial charge in [-0.05, 0) is 19.1 Å². The van der Waals surface area contributed by atoms with Crippen LogP contribution in [0.25, 0.3) is 0 Å². The van der Waals surface area contributed by atoms with Crippen molar-refractivity contribution in [3.05, 3.63) is 23.7 Å². The molecule has 0 aliphatic carbocycles. The van der Waals surface area contributed by atoms with Gasteiger partial charge in [0, 0.05) is 13.7 Å². The van der Waals surface area contributed by atoms with Crippen LogP contribution in [0, 0.1) is 6.92 Å². The lowest BCUT2D eigenvalue weighted by molar-refractivity contribution is -0.273. The van der Waals surface area contributed by atoms with Gasteiger partial charge in [-0.1, -0.05) is 0 Å². The molecule has 1 heterocycles. The molecule has 1 unspecified atom stereocenters. The Bertz CT molecular complexity index is 458. The monoisotopic (exact) mass is 295 g/mol. The second-order valence-electron chi connectivity index (χ2n) is 4.29. The van der Waals surface area contributed by atoms with Crippen molar-refractivity contribution >= 4 is 5.91 Å². The number of aliphatic hydroxyl groups is 1. The van der Waals surface area contributed by atoms with Crippen LogP contribution >= 0.6 is 0 Å². The lowest BCUT2D eigenvalue weighted by Crippen LogP contribution is -2.46. The van der Waals surface area contributed by atoms with E-state index in [4.69, 9.17) is 4.42 Å². The highest BCUT2D eigenvalue weighted by atomic mass is 19.4. The van der Waals surface area contributed by atoms with E-state index in [1.165, 1.54) is 20.1 Å². The van der Waals surface area contributed by atoms with Crippen LogP contribution in [0.1, 0.15) is 17.9 Å². The molecule has 5 nitrogen and oxygen atoms in total. The van der Waals surface area contributed by atoms with E-state index in [1.54, 1.807) is 0 Å². The molecule has 1 amide bonds. The maximum atomic E-state index is 13.0. The third kappa shape index (κ3) is 3.73. The summed E-state index contributed by atoms with van der Waals surface area (Å²) in [6.07, 6.45) is -6.21. The van der Waals surface area contributed by atoms with Gasteiger partial charge in [-0.3, -0.25) is 4.79 Å². The SMILES string of the molecule is COCCNC(=O)CC(O)(c1ccc(C)o1)C(F)(F)F. The highest BCUT2D eigenvalue weighted by molar-refractivity contribution is 5.77. The molecule has 0 aliphatic heterocycles. The molecule has 2 N–H and O–H groups in total. The second kappa shape index (κ2) is 6.27. The van der Waals surface area contributed by atoms with Crippen molar-refractivity contribution in [2.75, 3.05) is 20.3 Å². The first-order valence-electron chi connectivity index (χ1n) is 5.82. The van der Waals surface area contributed by atoms with Gasteiger partial charge < -0.3 is 19.6 Å². The molecule has 0 saturated heterocycles. The molecule has 20 heavy (non-hydrogen) atoms. The van der Waals surface area contributed by atoms with Gasteiger partial charge in [0.15, 0.2) is 0 Å². The van der Waals surface area contributed by atoms with Crippen molar-refractivity contribution in [2.24, 2.45) is 0 Å². The number of ether oxygens (including phenoxy) is 1. The van der Waals surface area contributed by atoms with E-state index in [0.29, 0.717) is 0 Å². The molecule has 1 atom stereocenters. The van der Waals surface area contributed by atoms with Crippen LogP contribution < -0.4 is 5.32 Å². The number of rotatable bonds is 6. The van der Waals surface area contributed by atoms with E-state index in [1.807, 2.05) is 0 Å².